The molecule has 1 rings (SSSR count). The first-order chi connectivity index (χ1) is 9.70. The minimum Gasteiger partial charge on any atom is -0.464 e. The fourth-order valence-electron chi connectivity index (χ4n) is 1.72. The molecule has 0 aliphatic rings. The molecule has 0 spiro atoms. The van der Waals surface area contributed by atoms with Crippen molar-refractivity contribution in [1.82, 2.24) is 4.31 Å². The van der Waals surface area contributed by atoms with Crippen LogP contribution in [0.25, 0.3) is 0 Å². The van der Waals surface area contributed by atoms with E-state index in [4.69, 9.17) is 0 Å². The van der Waals surface area contributed by atoms with E-state index < -0.39 is 16.0 Å². The average Bonchev–Trinajstić information content (AvgIpc) is 2.43. The maximum absolute atomic E-state index is 12.6. The second-order valence-corrected chi connectivity index (χ2v) is 7.04. The standard InChI is InChI=1S/C15H21NO4S/c1-11(2)10-14(15(17)20-5)16(4)21(18,19)13-8-6-12(3)7-9-13/h6-11H,1-5H3/b14-10-. The van der Waals surface area contributed by atoms with Gasteiger partial charge in [0.1, 0.15) is 5.70 Å². The third-order valence-electron chi connectivity index (χ3n) is 2.90. The normalized spacial score (nSPS) is 12.4. The largest absolute Gasteiger partial charge is 0.464 e. The topological polar surface area (TPSA) is 63.7 Å². The average molecular weight is 311 g/mol. The molecule has 0 heterocycles. The molecule has 0 aromatic heterocycles. The van der Waals surface area contributed by atoms with E-state index in [-0.39, 0.29) is 16.5 Å². The number of sulfonamides is 1. The summed E-state index contributed by atoms with van der Waals surface area (Å²) in [6, 6.07) is 6.46. The van der Waals surface area contributed by atoms with Crippen LogP contribution >= 0.6 is 0 Å². The number of aryl methyl sites for hydroxylation is 1. The lowest BCUT2D eigenvalue weighted by molar-refractivity contribution is -0.137. The third kappa shape index (κ3) is 4.07. The number of methoxy groups -OCH3 is 1. The first kappa shape index (κ1) is 17.2. The molecule has 0 unspecified atom stereocenters. The summed E-state index contributed by atoms with van der Waals surface area (Å²) in [5, 5.41) is 0. The first-order valence-corrected chi connectivity index (χ1v) is 8.00. The van der Waals surface area contributed by atoms with Gasteiger partial charge >= 0.3 is 5.97 Å². The number of ether oxygens (including phenoxy) is 1. The Hall–Kier alpha value is -1.82. The molecule has 1 aromatic rings. The Balaban J connectivity index is 3.27. The highest BCUT2D eigenvalue weighted by molar-refractivity contribution is 7.89. The highest BCUT2D eigenvalue weighted by atomic mass is 32.2. The second kappa shape index (κ2) is 6.76. The predicted molar refractivity (Wildman–Crippen MR) is 81.1 cm³/mol. The van der Waals surface area contributed by atoms with Crippen molar-refractivity contribution < 1.29 is 17.9 Å². The van der Waals surface area contributed by atoms with Crippen LogP contribution in [0.1, 0.15) is 19.4 Å². The van der Waals surface area contributed by atoms with Crippen LogP contribution in [0.3, 0.4) is 0 Å². The molecule has 0 bridgehead atoms. The van der Waals surface area contributed by atoms with Gasteiger partial charge in [-0.2, -0.15) is 0 Å². The molecule has 0 saturated carbocycles. The van der Waals surface area contributed by atoms with Crippen molar-refractivity contribution in [2.75, 3.05) is 14.2 Å². The van der Waals surface area contributed by atoms with Crippen molar-refractivity contribution in [3.8, 4) is 0 Å². The molecule has 0 aliphatic heterocycles. The monoisotopic (exact) mass is 311 g/mol. The van der Waals surface area contributed by atoms with Gasteiger partial charge in [-0.3, -0.25) is 4.31 Å². The van der Waals surface area contributed by atoms with Crippen molar-refractivity contribution in [3.05, 3.63) is 41.6 Å². The summed E-state index contributed by atoms with van der Waals surface area (Å²) in [6.45, 7) is 5.59. The summed E-state index contributed by atoms with van der Waals surface area (Å²) in [7, 11) is -1.22. The minimum atomic E-state index is -3.79. The SMILES string of the molecule is COC(=O)/C(=C/C(C)C)N(C)S(=O)(=O)c1ccc(C)cc1. The fourth-order valence-corrected chi connectivity index (χ4v) is 2.91. The Labute approximate surface area is 126 Å². The Kier molecular flexibility index (Phi) is 5.54. The third-order valence-corrected chi connectivity index (χ3v) is 4.69. The van der Waals surface area contributed by atoms with E-state index in [0.717, 1.165) is 9.87 Å². The summed E-state index contributed by atoms with van der Waals surface area (Å²) >= 11 is 0. The van der Waals surface area contributed by atoms with Crippen LogP contribution in [0.4, 0.5) is 0 Å². The number of carbonyl (C=O) groups is 1. The highest BCUT2D eigenvalue weighted by Crippen LogP contribution is 2.20. The number of rotatable bonds is 5. The van der Waals surface area contributed by atoms with Crippen LogP contribution in [-0.4, -0.2) is 32.8 Å². The van der Waals surface area contributed by atoms with E-state index in [9.17, 15) is 13.2 Å². The molecule has 0 radical (unpaired) electrons. The molecule has 0 amide bonds. The number of allylic oxidation sites excluding steroid dienone is 1. The van der Waals surface area contributed by atoms with Gasteiger partial charge in [0.05, 0.1) is 12.0 Å². The first-order valence-electron chi connectivity index (χ1n) is 6.56. The van der Waals surface area contributed by atoms with Gasteiger partial charge in [-0.05, 0) is 31.1 Å². The number of carbonyl (C=O) groups excluding carboxylic acids is 1. The number of hydrogen-bond donors (Lipinski definition) is 0. The van der Waals surface area contributed by atoms with Gasteiger partial charge in [0.2, 0.25) is 0 Å². The smallest absolute Gasteiger partial charge is 0.354 e. The Bertz CT molecular complexity index is 630. The summed E-state index contributed by atoms with van der Waals surface area (Å²) in [6.07, 6.45) is 1.57. The van der Waals surface area contributed by atoms with Gasteiger partial charge in [-0.25, -0.2) is 13.2 Å². The molecule has 0 saturated heterocycles. The lowest BCUT2D eigenvalue weighted by atomic mass is 10.2. The van der Waals surface area contributed by atoms with Crippen molar-refractivity contribution in [2.45, 2.75) is 25.7 Å². The highest BCUT2D eigenvalue weighted by Gasteiger charge is 2.27. The van der Waals surface area contributed by atoms with E-state index in [1.54, 1.807) is 18.2 Å². The quantitative estimate of drug-likeness (QED) is 0.618. The van der Waals surface area contributed by atoms with Gasteiger partial charge in [-0.15, -0.1) is 0 Å². The van der Waals surface area contributed by atoms with E-state index in [2.05, 4.69) is 4.74 Å². The van der Waals surface area contributed by atoms with Crippen molar-refractivity contribution in [3.63, 3.8) is 0 Å². The van der Waals surface area contributed by atoms with Gasteiger partial charge in [0, 0.05) is 7.05 Å². The molecule has 21 heavy (non-hydrogen) atoms. The predicted octanol–water partition coefficient (Wildman–Crippen LogP) is 2.33. The molecule has 0 aliphatic carbocycles. The zero-order valence-corrected chi connectivity index (χ0v) is 13.8. The maximum Gasteiger partial charge on any atom is 0.354 e. The van der Waals surface area contributed by atoms with E-state index in [1.165, 1.54) is 26.3 Å². The van der Waals surface area contributed by atoms with Crippen molar-refractivity contribution >= 4 is 16.0 Å². The molecule has 0 fully saturated rings. The van der Waals surface area contributed by atoms with E-state index >= 15 is 0 Å². The van der Waals surface area contributed by atoms with Crippen LogP contribution in [0.5, 0.6) is 0 Å². The van der Waals surface area contributed by atoms with Gasteiger partial charge < -0.3 is 4.74 Å². The molecule has 0 atom stereocenters. The number of esters is 1. The molecule has 116 valence electrons. The molecule has 1 aromatic carbocycles. The van der Waals surface area contributed by atoms with Gasteiger partial charge in [-0.1, -0.05) is 31.5 Å². The maximum atomic E-state index is 12.6. The molecular formula is C15H21NO4S. The summed E-state index contributed by atoms with van der Waals surface area (Å²) in [5.74, 6) is -0.670. The van der Waals surface area contributed by atoms with Crippen LogP contribution in [0.2, 0.25) is 0 Å². The molecular weight excluding hydrogens is 290 g/mol. The van der Waals surface area contributed by atoms with E-state index in [0.29, 0.717) is 0 Å². The molecule has 5 nitrogen and oxygen atoms in total. The number of benzene rings is 1. The fraction of sp³-hybridized carbons (Fsp3) is 0.400. The van der Waals surface area contributed by atoms with Crippen molar-refractivity contribution in [2.24, 2.45) is 5.92 Å². The Morgan fingerprint density at radius 1 is 1.24 bits per heavy atom. The lowest BCUT2D eigenvalue weighted by Crippen LogP contribution is -2.31. The number of hydrogen-bond acceptors (Lipinski definition) is 4. The molecule has 0 N–H and O–H groups in total. The van der Waals surface area contributed by atoms with Gasteiger partial charge in [0.15, 0.2) is 0 Å². The van der Waals surface area contributed by atoms with Crippen LogP contribution in [0, 0.1) is 12.8 Å². The summed E-state index contributed by atoms with van der Waals surface area (Å²) in [5.41, 5.74) is 0.968. The van der Waals surface area contributed by atoms with Gasteiger partial charge in [0.25, 0.3) is 10.0 Å². The Morgan fingerprint density at radius 2 is 1.76 bits per heavy atom. The minimum absolute atomic E-state index is 0.00748. The summed E-state index contributed by atoms with van der Waals surface area (Å²) < 4.78 is 30.8. The summed E-state index contributed by atoms with van der Waals surface area (Å²) in [4.78, 5) is 12.0. The van der Waals surface area contributed by atoms with Crippen LogP contribution < -0.4 is 0 Å². The van der Waals surface area contributed by atoms with E-state index in [1.807, 2.05) is 20.8 Å². The second-order valence-electron chi connectivity index (χ2n) is 5.07. The zero-order valence-electron chi connectivity index (χ0n) is 13.0. The Morgan fingerprint density at radius 3 is 2.19 bits per heavy atom. The number of nitrogens with zero attached hydrogens (tertiary/aromatic N) is 1. The zero-order chi connectivity index (χ0) is 16.2. The lowest BCUT2D eigenvalue weighted by Gasteiger charge is -2.21. The molecule has 6 heteroatoms. The van der Waals surface area contributed by atoms with Crippen molar-refractivity contribution in [1.29, 1.82) is 0 Å². The van der Waals surface area contributed by atoms with Crippen LogP contribution in [0.15, 0.2) is 40.9 Å². The number of likely N-dealkylation sites (N-methyl/N-ethyl adjacent to an activating group) is 1. The van der Waals surface area contributed by atoms with Crippen LogP contribution in [-0.2, 0) is 19.6 Å².